The summed E-state index contributed by atoms with van der Waals surface area (Å²) in [5.41, 5.74) is 0. The van der Waals surface area contributed by atoms with Gasteiger partial charge in [-0.2, -0.15) is 0 Å². The van der Waals surface area contributed by atoms with Gasteiger partial charge in [0.1, 0.15) is 12.7 Å². The number of aliphatic hydroxyl groups excluding tert-OH is 1. The lowest BCUT2D eigenvalue weighted by Crippen LogP contribution is -2.30. The van der Waals surface area contributed by atoms with E-state index in [2.05, 4.69) is 118 Å². The number of esters is 3. The number of ether oxygens (including phenoxy) is 3. The molecule has 0 saturated carbocycles. The lowest BCUT2D eigenvalue weighted by molar-refractivity contribution is -0.161. The summed E-state index contributed by atoms with van der Waals surface area (Å²) in [6.07, 6.45) is 67.9. The Balaban J connectivity index is 4.78. The van der Waals surface area contributed by atoms with Crippen LogP contribution in [0.4, 0.5) is 0 Å². The van der Waals surface area contributed by atoms with Crippen LogP contribution in [0.1, 0.15) is 252 Å². The summed E-state index contributed by atoms with van der Waals surface area (Å²) in [4.78, 5) is 48.6. The molecule has 0 fully saturated rings. The van der Waals surface area contributed by atoms with Crippen LogP contribution in [0.25, 0.3) is 0 Å². The highest BCUT2D eigenvalue weighted by Crippen LogP contribution is 2.43. The lowest BCUT2D eigenvalue weighted by Gasteiger charge is -2.21. The molecule has 0 aliphatic carbocycles. The Bertz CT molecular complexity index is 1640. The van der Waals surface area contributed by atoms with E-state index in [1.807, 2.05) is 0 Å². The molecule has 0 spiro atoms. The average Bonchev–Trinajstić information content (AvgIpc) is 3.41. The molecule has 436 valence electrons. The van der Waals surface area contributed by atoms with E-state index >= 15 is 0 Å². The second-order valence-electron chi connectivity index (χ2n) is 19.8. The highest BCUT2D eigenvalue weighted by atomic mass is 31.2. The van der Waals surface area contributed by atoms with Gasteiger partial charge in [-0.05, 0) is 96.3 Å². The van der Waals surface area contributed by atoms with Crippen molar-refractivity contribution in [3.05, 3.63) is 97.2 Å². The Kier molecular flexibility index (Phi) is 54.8. The lowest BCUT2D eigenvalue weighted by atomic mass is 10.0. The third-order valence-electron chi connectivity index (χ3n) is 12.5. The minimum Gasteiger partial charge on any atom is -0.462 e. The first-order valence-electron chi connectivity index (χ1n) is 30.1. The van der Waals surface area contributed by atoms with E-state index in [-0.39, 0.29) is 25.9 Å². The quantitative estimate of drug-likeness (QED) is 0.0197. The van der Waals surface area contributed by atoms with Gasteiger partial charge in [0.25, 0.3) is 0 Å². The number of rotatable bonds is 55. The number of aliphatic hydroxyl groups is 1. The summed E-state index contributed by atoms with van der Waals surface area (Å²) in [5, 5.41) is 9.83. The second-order valence-corrected chi connectivity index (χ2v) is 21.2. The van der Waals surface area contributed by atoms with Crippen molar-refractivity contribution in [1.82, 2.24) is 0 Å². The molecule has 0 amide bonds. The first-order valence-corrected chi connectivity index (χ1v) is 31.6. The molecule has 0 aliphatic rings. The Morgan fingerprint density at radius 1 is 0.382 bits per heavy atom. The number of phosphoric ester groups is 1. The van der Waals surface area contributed by atoms with Crippen molar-refractivity contribution < 1.29 is 52.2 Å². The van der Waals surface area contributed by atoms with Gasteiger partial charge in [-0.15, -0.1) is 0 Å². The van der Waals surface area contributed by atoms with E-state index in [4.69, 9.17) is 23.3 Å². The molecule has 12 heteroatoms. The van der Waals surface area contributed by atoms with Crippen molar-refractivity contribution in [2.75, 3.05) is 26.4 Å². The van der Waals surface area contributed by atoms with Gasteiger partial charge in [0.15, 0.2) is 6.10 Å². The molecule has 0 aromatic carbocycles. The smallest absolute Gasteiger partial charge is 0.462 e. The Morgan fingerprint density at radius 2 is 0.684 bits per heavy atom. The van der Waals surface area contributed by atoms with Crippen molar-refractivity contribution in [2.24, 2.45) is 0 Å². The van der Waals surface area contributed by atoms with Crippen LogP contribution in [0.2, 0.25) is 0 Å². The summed E-state index contributed by atoms with van der Waals surface area (Å²) < 4.78 is 39.5. The highest BCUT2D eigenvalue weighted by Gasteiger charge is 2.28. The van der Waals surface area contributed by atoms with Crippen LogP contribution in [0.5, 0.6) is 0 Å². The van der Waals surface area contributed by atoms with E-state index in [9.17, 15) is 28.9 Å². The van der Waals surface area contributed by atoms with Crippen LogP contribution < -0.4 is 0 Å². The number of hydrogen-bond donors (Lipinski definition) is 2. The molecule has 3 atom stereocenters. The molecular weight excluding hydrogens is 976 g/mol. The van der Waals surface area contributed by atoms with E-state index in [1.54, 1.807) is 0 Å². The summed E-state index contributed by atoms with van der Waals surface area (Å²) in [5.74, 6) is -1.53. The van der Waals surface area contributed by atoms with Crippen LogP contribution in [-0.4, -0.2) is 66.5 Å². The predicted octanol–water partition coefficient (Wildman–Crippen LogP) is 18.0. The number of allylic oxidation sites excluding steroid dienone is 16. The normalized spacial score (nSPS) is 14.0. The Morgan fingerprint density at radius 3 is 1.08 bits per heavy atom. The summed E-state index contributed by atoms with van der Waals surface area (Å²) >= 11 is 0. The third-order valence-corrected chi connectivity index (χ3v) is 13.5. The second kappa shape index (κ2) is 57.6. The topological polar surface area (TPSA) is 155 Å². The maximum atomic E-state index is 12.9. The molecule has 11 nitrogen and oxygen atoms in total. The van der Waals surface area contributed by atoms with Crippen LogP contribution in [-0.2, 0) is 42.2 Å². The minimum absolute atomic E-state index is 0.139. The van der Waals surface area contributed by atoms with Gasteiger partial charge in [0, 0.05) is 19.3 Å². The molecule has 0 radical (unpaired) electrons. The van der Waals surface area contributed by atoms with Gasteiger partial charge in [0.2, 0.25) is 0 Å². The first-order chi connectivity index (χ1) is 37.2. The predicted molar refractivity (Wildman–Crippen MR) is 316 cm³/mol. The third kappa shape index (κ3) is 55.2. The first kappa shape index (κ1) is 72.4. The molecule has 3 unspecified atom stereocenters. The number of carbonyl (C=O) groups excluding carboxylic acids is 3. The zero-order valence-electron chi connectivity index (χ0n) is 48.2. The van der Waals surface area contributed by atoms with Crippen molar-refractivity contribution in [2.45, 2.75) is 264 Å². The van der Waals surface area contributed by atoms with Crippen molar-refractivity contribution in [3.8, 4) is 0 Å². The number of hydrogen-bond acceptors (Lipinski definition) is 10. The van der Waals surface area contributed by atoms with Gasteiger partial charge in [-0.25, -0.2) is 4.57 Å². The largest absolute Gasteiger partial charge is 0.472 e. The SMILES string of the molecule is CC/C=C\C/C=C\C/C=C\C/C=C\CCCCCCCCC(=O)OC(COC(=O)CCCC/C=C\C/C=C\C/C=C\C/C=C\CC)COP(=O)(O)OCC(CO)OC(=O)CCCCCCCCCCCCCCCCC. The molecule has 0 rings (SSSR count). The molecule has 0 aliphatic heterocycles. The van der Waals surface area contributed by atoms with Gasteiger partial charge >= 0.3 is 25.7 Å². The van der Waals surface area contributed by atoms with Gasteiger partial charge < -0.3 is 24.2 Å². The molecule has 0 saturated heterocycles. The van der Waals surface area contributed by atoms with Crippen molar-refractivity contribution in [3.63, 3.8) is 0 Å². The fourth-order valence-corrected chi connectivity index (χ4v) is 8.77. The van der Waals surface area contributed by atoms with Crippen LogP contribution in [0.15, 0.2) is 97.2 Å². The summed E-state index contributed by atoms with van der Waals surface area (Å²) in [6, 6.07) is 0. The van der Waals surface area contributed by atoms with Crippen LogP contribution >= 0.6 is 7.82 Å². The summed E-state index contributed by atoms with van der Waals surface area (Å²) in [7, 11) is -4.77. The molecule has 0 heterocycles. The summed E-state index contributed by atoms with van der Waals surface area (Å²) in [6.45, 7) is 4.37. The van der Waals surface area contributed by atoms with Crippen LogP contribution in [0.3, 0.4) is 0 Å². The van der Waals surface area contributed by atoms with Gasteiger partial charge in [0.05, 0.1) is 19.8 Å². The van der Waals surface area contributed by atoms with E-state index in [0.29, 0.717) is 19.3 Å². The molecule has 0 aromatic heterocycles. The number of carbonyl (C=O) groups is 3. The standard InChI is InChI=1S/C64H109O11P/c1-4-7-10-13-16-19-22-25-28-29-30-31-34-37-40-43-46-49-52-55-64(68)75-61(57-71-62(66)53-50-47-44-41-38-35-32-26-23-20-17-14-11-8-5-2)59-73-76(69,70)72-58-60(56-65)74-63(67)54-51-48-45-42-39-36-33-27-24-21-18-15-12-9-6-3/h7-8,10-11,16-17,19-20,25-26,28,30-32,38,41,60-61,65H,4-6,9,12-15,18,21-24,27,29,33-37,39-40,42-59H2,1-3H3,(H,69,70)/b10-7-,11-8-,19-16-,20-17-,28-25-,31-30-,32-26-,41-38-. The maximum absolute atomic E-state index is 12.9. The fraction of sp³-hybridized carbons (Fsp3) is 0.703. The maximum Gasteiger partial charge on any atom is 0.472 e. The van der Waals surface area contributed by atoms with Gasteiger partial charge in [-0.3, -0.25) is 23.4 Å². The monoisotopic (exact) mass is 1080 g/mol. The van der Waals surface area contributed by atoms with Gasteiger partial charge in [-0.1, -0.05) is 234 Å². The van der Waals surface area contributed by atoms with Crippen molar-refractivity contribution >= 4 is 25.7 Å². The average molecular weight is 1090 g/mol. The Labute approximate surface area is 463 Å². The van der Waals surface area contributed by atoms with E-state index < -0.39 is 57.8 Å². The molecular formula is C64H109O11P. The fourth-order valence-electron chi connectivity index (χ4n) is 7.99. The van der Waals surface area contributed by atoms with Crippen LogP contribution in [0, 0.1) is 0 Å². The highest BCUT2D eigenvalue weighted by molar-refractivity contribution is 7.47. The minimum atomic E-state index is -4.77. The zero-order valence-corrected chi connectivity index (χ0v) is 49.1. The number of unbranched alkanes of at least 4 members (excludes halogenated alkanes) is 22. The molecule has 0 bridgehead atoms. The molecule has 76 heavy (non-hydrogen) atoms. The molecule has 2 N–H and O–H groups in total. The van der Waals surface area contributed by atoms with E-state index in [1.165, 1.54) is 70.6 Å². The zero-order chi connectivity index (χ0) is 55.5. The van der Waals surface area contributed by atoms with Crippen molar-refractivity contribution in [1.29, 1.82) is 0 Å². The number of phosphoric acid groups is 1. The Hall–Kier alpha value is -3.60. The van der Waals surface area contributed by atoms with E-state index in [0.717, 1.165) is 122 Å². The molecule has 0 aromatic rings.